The van der Waals surface area contributed by atoms with E-state index >= 15 is 0 Å². The van der Waals surface area contributed by atoms with Crippen LogP contribution < -0.4 is 5.43 Å². The Bertz CT molecular complexity index is 729. The molecule has 1 N–H and O–H groups in total. The number of amides is 1. The molecule has 1 aliphatic heterocycles. The van der Waals surface area contributed by atoms with Crippen molar-refractivity contribution in [3.63, 3.8) is 0 Å². The van der Waals surface area contributed by atoms with Crippen molar-refractivity contribution in [2.24, 2.45) is 0 Å². The number of aryl methyl sites for hydroxylation is 1. The Morgan fingerprint density at radius 3 is 2.58 bits per heavy atom. The molecule has 2 aromatic rings. The molecular formula is C16H20ClN5OS. The molecule has 24 heavy (non-hydrogen) atoms. The highest BCUT2D eigenvalue weighted by Gasteiger charge is 2.38. The van der Waals surface area contributed by atoms with Gasteiger partial charge in [0, 0.05) is 18.1 Å². The van der Waals surface area contributed by atoms with Gasteiger partial charge in [0.2, 0.25) is 11.1 Å². The Hall–Kier alpha value is -1.73. The average Bonchev–Trinajstić information content (AvgIpc) is 2.96. The monoisotopic (exact) mass is 365 g/mol. The molecule has 2 atom stereocenters. The number of nitrogens with zero attached hydrogens (tertiary/aromatic N) is 4. The first-order chi connectivity index (χ1) is 11.5. The van der Waals surface area contributed by atoms with Gasteiger partial charge >= 0.3 is 0 Å². The summed E-state index contributed by atoms with van der Waals surface area (Å²) in [6.07, 6.45) is 0. The summed E-state index contributed by atoms with van der Waals surface area (Å²) < 4.78 is 1.84. The maximum Gasteiger partial charge on any atom is 0.238 e. The number of halogens is 1. The first-order valence-electron chi connectivity index (χ1n) is 7.94. The lowest BCUT2D eigenvalue weighted by Crippen LogP contribution is -2.46. The van der Waals surface area contributed by atoms with Gasteiger partial charge in [-0.2, -0.15) is 0 Å². The Labute approximate surface area is 150 Å². The van der Waals surface area contributed by atoms with Crippen LogP contribution in [0.5, 0.6) is 0 Å². The number of carbonyl (C=O) groups is 1. The van der Waals surface area contributed by atoms with E-state index in [-0.39, 0.29) is 17.2 Å². The van der Waals surface area contributed by atoms with Crippen molar-refractivity contribution in [1.29, 1.82) is 0 Å². The Morgan fingerprint density at radius 1 is 1.29 bits per heavy atom. The van der Waals surface area contributed by atoms with E-state index in [4.69, 9.17) is 11.6 Å². The Morgan fingerprint density at radius 2 is 1.96 bits per heavy atom. The maximum absolute atomic E-state index is 13.0. The van der Waals surface area contributed by atoms with Crippen LogP contribution in [0.25, 0.3) is 0 Å². The fourth-order valence-corrected chi connectivity index (χ4v) is 4.12. The summed E-state index contributed by atoms with van der Waals surface area (Å²) in [5.74, 6) is 0.870. The molecule has 1 aliphatic rings. The summed E-state index contributed by atoms with van der Waals surface area (Å²) in [4.78, 5) is 14.9. The van der Waals surface area contributed by atoms with Gasteiger partial charge in [0.05, 0.1) is 6.04 Å². The predicted octanol–water partition coefficient (Wildman–Crippen LogP) is 2.87. The van der Waals surface area contributed by atoms with Crippen LogP contribution in [0.1, 0.15) is 31.3 Å². The van der Waals surface area contributed by atoms with Crippen LogP contribution in [0, 0.1) is 6.92 Å². The summed E-state index contributed by atoms with van der Waals surface area (Å²) >= 11 is 7.46. The average molecular weight is 366 g/mol. The minimum atomic E-state index is -0.304. The molecule has 0 spiro atoms. The number of aromatic nitrogens is 3. The number of rotatable bonds is 4. The molecule has 0 unspecified atom stereocenters. The van der Waals surface area contributed by atoms with Gasteiger partial charge in [0.15, 0.2) is 0 Å². The van der Waals surface area contributed by atoms with Gasteiger partial charge < -0.3 is 10.3 Å². The zero-order chi connectivity index (χ0) is 17.3. The summed E-state index contributed by atoms with van der Waals surface area (Å²) in [6.45, 7) is 7.24. The molecular weight excluding hydrogens is 346 g/mol. The molecule has 3 rings (SSSR count). The van der Waals surface area contributed by atoms with Crippen LogP contribution in [-0.4, -0.2) is 44.0 Å². The van der Waals surface area contributed by atoms with Crippen LogP contribution in [0.4, 0.5) is 0 Å². The third-order valence-corrected chi connectivity index (χ3v) is 5.60. The summed E-state index contributed by atoms with van der Waals surface area (Å²) in [6, 6.07) is 7.41. The lowest BCUT2D eigenvalue weighted by Gasteiger charge is -2.35. The molecule has 6 nitrogen and oxygen atoms in total. The van der Waals surface area contributed by atoms with Crippen molar-refractivity contribution in [2.75, 3.05) is 18.5 Å². The van der Waals surface area contributed by atoms with Crippen molar-refractivity contribution in [3.8, 4) is 0 Å². The highest BCUT2D eigenvalue weighted by atomic mass is 35.5. The fourth-order valence-electron chi connectivity index (χ4n) is 2.78. The lowest BCUT2D eigenvalue weighted by molar-refractivity contribution is -0.130. The third-order valence-electron chi connectivity index (χ3n) is 4.15. The number of nitrogens with one attached hydrogen (secondary N) is 1. The van der Waals surface area contributed by atoms with Gasteiger partial charge in [0.25, 0.3) is 0 Å². The maximum atomic E-state index is 13.0. The molecule has 0 fully saturated rings. The van der Waals surface area contributed by atoms with Crippen LogP contribution in [0.3, 0.4) is 0 Å². The number of hydrogen-bond donors (Lipinski definition) is 1. The Kier molecular flexibility index (Phi) is 5.01. The van der Waals surface area contributed by atoms with Crippen molar-refractivity contribution in [1.82, 2.24) is 19.8 Å². The van der Waals surface area contributed by atoms with Gasteiger partial charge in [0.1, 0.15) is 11.1 Å². The lowest BCUT2D eigenvalue weighted by atomic mass is 10.0. The van der Waals surface area contributed by atoms with Crippen molar-refractivity contribution < 1.29 is 4.79 Å². The molecule has 1 aromatic heterocycles. The number of thioether (sulfide) groups is 1. The molecule has 128 valence electrons. The normalized spacial score (nSPS) is 19.5. The van der Waals surface area contributed by atoms with E-state index in [1.807, 2.05) is 54.6 Å². The molecule has 1 amide bonds. The quantitative estimate of drug-likeness (QED) is 0.902. The first kappa shape index (κ1) is 17.1. The molecule has 2 heterocycles. The van der Waals surface area contributed by atoms with Gasteiger partial charge in [-0.3, -0.25) is 4.79 Å². The number of benzene rings is 1. The SMILES string of the molecule is CCN(CC)C(=O)[C@H]1Sc2nnc(C)n2N[C@H]1c1ccc(Cl)cc1. The van der Waals surface area contributed by atoms with E-state index in [0.29, 0.717) is 23.3 Å². The summed E-state index contributed by atoms with van der Waals surface area (Å²) in [5, 5.41) is 9.35. The Balaban J connectivity index is 1.99. The zero-order valence-electron chi connectivity index (χ0n) is 13.9. The summed E-state index contributed by atoms with van der Waals surface area (Å²) in [5.41, 5.74) is 4.41. The smallest absolute Gasteiger partial charge is 0.238 e. The second-order valence-electron chi connectivity index (χ2n) is 5.57. The number of fused-ring (bicyclic) bond motifs is 1. The minimum absolute atomic E-state index is 0.101. The number of carbonyl (C=O) groups excluding carboxylic acids is 1. The van der Waals surface area contributed by atoms with Crippen molar-refractivity contribution in [2.45, 2.75) is 37.2 Å². The van der Waals surface area contributed by atoms with Gasteiger partial charge in [-0.05, 0) is 38.5 Å². The standard InChI is InChI=1S/C16H20ClN5OS/c1-4-21(5-2)15(23)14-13(11-6-8-12(17)9-7-11)20-22-10(3)18-19-16(22)24-14/h6-9,13-14,20H,4-5H2,1-3H3/t13-,14-/m0/s1. The largest absolute Gasteiger partial charge is 0.342 e. The predicted molar refractivity (Wildman–Crippen MR) is 95.9 cm³/mol. The van der Waals surface area contributed by atoms with E-state index < -0.39 is 0 Å². The van der Waals surface area contributed by atoms with Crippen LogP contribution in [0.15, 0.2) is 29.4 Å². The van der Waals surface area contributed by atoms with Crippen LogP contribution >= 0.6 is 23.4 Å². The van der Waals surface area contributed by atoms with Crippen LogP contribution in [0.2, 0.25) is 5.02 Å². The highest BCUT2D eigenvalue weighted by molar-refractivity contribution is 8.00. The van der Waals surface area contributed by atoms with E-state index in [2.05, 4.69) is 15.6 Å². The fraction of sp³-hybridized carbons (Fsp3) is 0.438. The zero-order valence-corrected chi connectivity index (χ0v) is 15.4. The van der Waals surface area contributed by atoms with Gasteiger partial charge in [-0.25, -0.2) is 4.68 Å². The number of hydrogen-bond acceptors (Lipinski definition) is 5. The van der Waals surface area contributed by atoms with Crippen molar-refractivity contribution in [3.05, 3.63) is 40.7 Å². The van der Waals surface area contributed by atoms with E-state index in [9.17, 15) is 4.79 Å². The van der Waals surface area contributed by atoms with E-state index in [0.717, 1.165) is 11.4 Å². The van der Waals surface area contributed by atoms with Gasteiger partial charge in [-0.15, -0.1) is 10.2 Å². The second-order valence-corrected chi connectivity index (χ2v) is 7.12. The van der Waals surface area contributed by atoms with Crippen LogP contribution in [-0.2, 0) is 4.79 Å². The summed E-state index contributed by atoms with van der Waals surface area (Å²) in [7, 11) is 0. The molecule has 0 bridgehead atoms. The molecule has 0 radical (unpaired) electrons. The van der Waals surface area contributed by atoms with Crippen molar-refractivity contribution >= 4 is 29.3 Å². The first-order valence-corrected chi connectivity index (χ1v) is 9.20. The van der Waals surface area contributed by atoms with E-state index in [1.165, 1.54) is 11.8 Å². The third kappa shape index (κ3) is 3.10. The molecule has 0 aliphatic carbocycles. The second kappa shape index (κ2) is 7.03. The molecule has 8 heteroatoms. The molecule has 1 aromatic carbocycles. The molecule has 0 saturated carbocycles. The minimum Gasteiger partial charge on any atom is -0.342 e. The topological polar surface area (TPSA) is 63.1 Å². The highest BCUT2D eigenvalue weighted by Crippen LogP contribution is 2.38. The molecule has 0 saturated heterocycles. The van der Waals surface area contributed by atoms with Gasteiger partial charge in [-0.1, -0.05) is 35.5 Å². The van der Waals surface area contributed by atoms with E-state index in [1.54, 1.807) is 0 Å².